The Balaban J connectivity index is 2.05. The maximum Gasteiger partial charge on any atom is 0.0599 e. The number of piperidine rings is 1. The Kier molecular flexibility index (Phi) is 6.30. The molecule has 2 N–H and O–H groups in total. The number of likely N-dealkylation sites (tertiary alicyclic amines) is 1. The van der Waals surface area contributed by atoms with Crippen molar-refractivity contribution in [3.63, 3.8) is 0 Å². The van der Waals surface area contributed by atoms with E-state index in [0.29, 0.717) is 12.6 Å². The van der Waals surface area contributed by atoms with Gasteiger partial charge in [0.05, 0.1) is 6.10 Å². The van der Waals surface area contributed by atoms with Gasteiger partial charge in [0.1, 0.15) is 0 Å². The lowest BCUT2D eigenvalue weighted by atomic mass is 10.0. The zero-order valence-corrected chi connectivity index (χ0v) is 14.2. The van der Waals surface area contributed by atoms with Gasteiger partial charge >= 0.3 is 0 Å². The van der Waals surface area contributed by atoms with Crippen LogP contribution in [-0.2, 0) is 4.74 Å². The van der Waals surface area contributed by atoms with Crippen molar-refractivity contribution in [2.45, 2.75) is 31.9 Å². The maximum atomic E-state index is 6.36. The fourth-order valence-corrected chi connectivity index (χ4v) is 3.63. The van der Waals surface area contributed by atoms with Crippen molar-refractivity contribution in [1.29, 1.82) is 0 Å². The van der Waals surface area contributed by atoms with Gasteiger partial charge in [-0.15, -0.1) is 0 Å². The summed E-state index contributed by atoms with van der Waals surface area (Å²) in [5.74, 6) is 0. The van der Waals surface area contributed by atoms with Crippen molar-refractivity contribution >= 4 is 27.5 Å². The average Bonchev–Trinajstić information content (AvgIpc) is 2.44. The Morgan fingerprint density at radius 3 is 2.70 bits per heavy atom. The Morgan fingerprint density at radius 1 is 1.45 bits per heavy atom. The molecule has 20 heavy (non-hydrogen) atoms. The van der Waals surface area contributed by atoms with Crippen LogP contribution in [0.15, 0.2) is 22.7 Å². The molecule has 1 heterocycles. The minimum atomic E-state index is 0.193. The van der Waals surface area contributed by atoms with E-state index in [1.165, 1.54) is 0 Å². The largest absolute Gasteiger partial charge is 0.378 e. The first-order chi connectivity index (χ1) is 9.65. The molecular weight excluding hydrogens is 340 g/mol. The standard InChI is InChI=1S/C15H22BrClN2O/c1-2-20-12-5-7-19(8-6-12)15(10-18)13-4-3-11(16)9-14(13)17/h3-4,9,12,15H,2,5-8,10,18H2,1H3. The minimum Gasteiger partial charge on any atom is -0.378 e. The van der Waals surface area contributed by atoms with E-state index in [-0.39, 0.29) is 6.04 Å². The number of halogens is 2. The molecule has 1 aliphatic heterocycles. The van der Waals surface area contributed by atoms with Gasteiger partial charge in [0, 0.05) is 41.8 Å². The topological polar surface area (TPSA) is 38.5 Å². The van der Waals surface area contributed by atoms with E-state index in [1.54, 1.807) is 0 Å². The summed E-state index contributed by atoms with van der Waals surface area (Å²) in [6.07, 6.45) is 2.53. The van der Waals surface area contributed by atoms with Crippen LogP contribution in [0.4, 0.5) is 0 Å². The van der Waals surface area contributed by atoms with E-state index < -0.39 is 0 Å². The van der Waals surface area contributed by atoms with Crippen LogP contribution in [0.2, 0.25) is 5.02 Å². The molecule has 0 aliphatic carbocycles. The van der Waals surface area contributed by atoms with Gasteiger partial charge in [-0.2, -0.15) is 0 Å². The third kappa shape index (κ3) is 3.95. The molecule has 2 rings (SSSR count). The second kappa shape index (κ2) is 7.76. The van der Waals surface area contributed by atoms with E-state index in [2.05, 4.69) is 33.8 Å². The number of nitrogens with zero attached hydrogens (tertiary/aromatic N) is 1. The summed E-state index contributed by atoms with van der Waals surface area (Å²) in [5, 5.41) is 0.779. The van der Waals surface area contributed by atoms with Gasteiger partial charge in [-0.1, -0.05) is 33.6 Å². The first-order valence-corrected chi connectivity index (χ1v) is 8.33. The molecule has 1 fully saturated rings. The maximum absolute atomic E-state index is 6.36. The zero-order valence-electron chi connectivity index (χ0n) is 11.8. The molecule has 0 amide bonds. The van der Waals surface area contributed by atoms with Gasteiger partial charge < -0.3 is 10.5 Å². The highest BCUT2D eigenvalue weighted by molar-refractivity contribution is 9.10. The van der Waals surface area contributed by atoms with E-state index in [0.717, 1.165) is 47.6 Å². The summed E-state index contributed by atoms with van der Waals surface area (Å²) in [7, 11) is 0. The van der Waals surface area contributed by atoms with Crippen LogP contribution in [0.5, 0.6) is 0 Å². The van der Waals surface area contributed by atoms with Gasteiger partial charge in [0.2, 0.25) is 0 Å². The van der Waals surface area contributed by atoms with E-state index in [4.69, 9.17) is 22.1 Å². The van der Waals surface area contributed by atoms with Crippen molar-refractivity contribution in [3.05, 3.63) is 33.3 Å². The zero-order chi connectivity index (χ0) is 14.5. The summed E-state index contributed by atoms with van der Waals surface area (Å²) in [4.78, 5) is 2.42. The molecule has 1 atom stereocenters. The van der Waals surface area contributed by atoms with Crippen LogP contribution in [0, 0.1) is 0 Å². The summed E-state index contributed by atoms with van der Waals surface area (Å²) < 4.78 is 6.70. The van der Waals surface area contributed by atoms with Crippen LogP contribution < -0.4 is 5.73 Å². The summed E-state index contributed by atoms with van der Waals surface area (Å²) in [6, 6.07) is 6.22. The number of hydrogen-bond donors (Lipinski definition) is 1. The Hall–Kier alpha value is -0.130. The molecule has 3 nitrogen and oxygen atoms in total. The van der Waals surface area contributed by atoms with Crippen molar-refractivity contribution in [1.82, 2.24) is 4.90 Å². The second-order valence-corrected chi connectivity index (χ2v) is 6.43. The fourth-order valence-electron chi connectivity index (χ4n) is 2.83. The molecule has 1 saturated heterocycles. The van der Waals surface area contributed by atoms with Crippen molar-refractivity contribution in [2.24, 2.45) is 5.73 Å². The molecule has 1 aliphatic rings. The first-order valence-electron chi connectivity index (χ1n) is 7.16. The molecule has 0 bridgehead atoms. The van der Waals surface area contributed by atoms with Gasteiger partial charge in [0.15, 0.2) is 0 Å². The highest BCUT2D eigenvalue weighted by atomic mass is 79.9. The lowest BCUT2D eigenvalue weighted by molar-refractivity contribution is 0.00453. The molecule has 1 aromatic rings. The summed E-state index contributed by atoms with van der Waals surface area (Å²) in [5.41, 5.74) is 7.11. The molecule has 0 radical (unpaired) electrons. The first kappa shape index (κ1) is 16.2. The number of nitrogens with two attached hydrogens (primary N) is 1. The summed E-state index contributed by atoms with van der Waals surface area (Å²) >= 11 is 9.81. The normalized spacial score (nSPS) is 19.2. The number of rotatable bonds is 5. The second-order valence-electron chi connectivity index (χ2n) is 5.11. The molecule has 0 spiro atoms. The quantitative estimate of drug-likeness (QED) is 0.871. The summed E-state index contributed by atoms with van der Waals surface area (Å²) in [6.45, 7) is 5.46. The molecule has 112 valence electrons. The minimum absolute atomic E-state index is 0.193. The van der Waals surface area contributed by atoms with Crippen LogP contribution in [0.1, 0.15) is 31.4 Å². The highest BCUT2D eigenvalue weighted by Gasteiger charge is 2.26. The highest BCUT2D eigenvalue weighted by Crippen LogP contribution is 2.31. The molecular formula is C15H22BrClN2O. The van der Waals surface area contributed by atoms with Gasteiger partial charge in [0.25, 0.3) is 0 Å². The van der Waals surface area contributed by atoms with Crippen molar-refractivity contribution < 1.29 is 4.74 Å². The van der Waals surface area contributed by atoms with Crippen molar-refractivity contribution in [2.75, 3.05) is 26.2 Å². The van der Waals surface area contributed by atoms with Crippen molar-refractivity contribution in [3.8, 4) is 0 Å². The van der Waals surface area contributed by atoms with E-state index in [1.807, 2.05) is 12.1 Å². The smallest absolute Gasteiger partial charge is 0.0599 e. The lowest BCUT2D eigenvalue weighted by Gasteiger charge is -2.37. The number of benzene rings is 1. The Bertz CT molecular complexity index is 436. The van der Waals surface area contributed by atoms with Gasteiger partial charge in [-0.3, -0.25) is 4.90 Å². The predicted octanol–water partition coefficient (Wildman–Crippen LogP) is 3.60. The number of ether oxygens (including phenoxy) is 1. The van der Waals surface area contributed by atoms with E-state index >= 15 is 0 Å². The molecule has 0 aromatic heterocycles. The van der Waals surface area contributed by atoms with Gasteiger partial charge in [-0.25, -0.2) is 0 Å². The molecule has 1 aromatic carbocycles. The van der Waals surface area contributed by atoms with Crippen LogP contribution in [-0.4, -0.2) is 37.2 Å². The number of hydrogen-bond acceptors (Lipinski definition) is 3. The Morgan fingerprint density at radius 2 is 2.15 bits per heavy atom. The monoisotopic (exact) mass is 360 g/mol. The molecule has 5 heteroatoms. The van der Waals surface area contributed by atoms with Gasteiger partial charge in [-0.05, 0) is 37.5 Å². The van der Waals surface area contributed by atoms with Crippen LogP contribution >= 0.6 is 27.5 Å². The lowest BCUT2D eigenvalue weighted by Crippen LogP contribution is -2.42. The molecule has 1 unspecified atom stereocenters. The molecule has 0 saturated carbocycles. The third-order valence-corrected chi connectivity index (χ3v) is 4.69. The SMILES string of the molecule is CCOC1CCN(C(CN)c2ccc(Br)cc2Cl)CC1. The van der Waals surface area contributed by atoms with Crippen LogP contribution in [0.25, 0.3) is 0 Å². The van der Waals surface area contributed by atoms with E-state index in [9.17, 15) is 0 Å². The average molecular weight is 362 g/mol. The fraction of sp³-hybridized carbons (Fsp3) is 0.600. The Labute approximate surface area is 134 Å². The predicted molar refractivity (Wildman–Crippen MR) is 87.2 cm³/mol. The third-order valence-electron chi connectivity index (χ3n) is 3.86. The van der Waals surface area contributed by atoms with Crippen LogP contribution in [0.3, 0.4) is 0 Å².